The molecular weight excluding hydrogens is 212 g/mol. The van der Waals surface area contributed by atoms with Crippen LogP contribution in [0.3, 0.4) is 0 Å². The molecule has 0 saturated heterocycles. The average Bonchev–Trinajstić information content (AvgIpc) is 2.33. The lowest BCUT2D eigenvalue weighted by atomic mass is 10.0. The fourth-order valence-corrected chi connectivity index (χ4v) is 1.85. The molecule has 0 saturated carbocycles. The maximum absolute atomic E-state index is 10.2. The minimum absolute atomic E-state index is 0.522. The molecule has 1 atom stereocenters. The number of aliphatic hydroxyl groups excluding tert-OH is 1. The second-order valence-electron chi connectivity index (χ2n) is 4.23. The Bertz CT molecular complexity index is 497. The molecule has 1 N–H and O–H groups in total. The molecule has 1 aromatic heterocycles. The molecule has 0 radical (unpaired) electrons. The van der Waals surface area contributed by atoms with Gasteiger partial charge in [0.1, 0.15) is 0 Å². The largest absolute Gasteiger partial charge is 0.388 e. The monoisotopic (exact) mass is 228 g/mol. The summed E-state index contributed by atoms with van der Waals surface area (Å²) in [5.74, 6) is 0. The van der Waals surface area contributed by atoms with Gasteiger partial charge in [-0.25, -0.2) is 0 Å². The van der Waals surface area contributed by atoms with Gasteiger partial charge in [-0.15, -0.1) is 0 Å². The highest BCUT2D eigenvalue weighted by Gasteiger charge is 2.12. The maximum Gasteiger partial charge on any atom is 0.0849 e. The van der Waals surface area contributed by atoms with E-state index >= 15 is 0 Å². The van der Waals surface area contributed by atoms with Gasteiger partial charge in [0.05, 0.1) is 17.5 Å². The summed E-state index contributed by atoms with van der Waals surface area (Å²) in [6, 6.07) is 11.9. The maximum atomic E-state index is 10.2. The third-order valence-corrected chi connectivity index (χ3v) is 2.77. The summed E-state index contributed by atoms with van der Waals surface area (Å²) in [4.78, 5) is 0. The predicted octanol–water partition coefficient (Wildman–Crippen LogP) is 2.37. The van der Waals surface area contributed by atoms with E-state index in [0.29, 0.717) is 6.42 Å². The van der Waals surface area contributed by atoms with Crippen molar-refractivity contribution in [3.63, 3.8) is 0 Å². The summed E-state index contributed by atoms with van der Waals surface area (Å²) in [5, 5.41) is 18.2. The van der Waals surface area contributed by atoms with Crippen molar-refractivity contribution >= 4 is 0 Å². The molecule has 0 aliphatic rings. The number of aliphatic hydroxyl groups is 1. The second-order valence-corrected chi connectivity index (χ2v) is 4.23. The van der Waals surface area contributed by atoms with Crippen molar-refractivity contribution in [1.82, 2.24) is 10.2 Å². The molecule has 1 heterocycles. The van der Waals surface area contributed by atoms with E-state index in [1.54, 1.807) is 0 Å². The Kier molecular flexibility index (Phi) is 3.49. The van der Waals surface area contributed by atoms with Crippen LogP contribution in [0.4, 0.5) is 0 Å². The van der Waals surface area contributed by atoms with Crippen LogP contribution in [0, 0.1) is 13.8 Å². The fourth-order valence-electron chi connectivity index (χ4n) is 1.85. The fraction of sp³-hybridized carbons (Fsp3) is 0.286. The van der Waals surface area contributed by atoms with Crippen LogP contribution >= 0.6 is 0 Å². The number of hydrogen-bond acceptors (Lipinski definition) is 3. The van der Waals surface area contributed by atoms with Gasteiger partial charge in [-0.05, 0) is 25.5 Å². The zero-order chi connectivity index (χ0) is 12.3. The van der Waals surface area contributed by atoms with E-state index < -0.39 is 6.10 Å². The third kappa shape index (κ3) is 2.88. The predicted molar refractivity (Wildman–Crippen MR) is 66.6 cm³/mol. The van der Waals surface area contributed by atoms with Crippen LogP contribution in [-0.2, 0) is 6.42 Å². The van der Waals surface area contributed by atoms with Crippen molar-refractivity contribution in [2.24, 2.45) is 0 Å². The van der Waals surface area contributed by atoms with Gasteiger partial charge >= 0.3 is 0 Å². The Morgan fingerprint density at radius 2 is 1.82 bits per heavy atom. The summed E-state index contributed by atoms with van der Waals surface area (Å²) >= 11 is 0. The smallest absolute Gasteiger partial charge is 0.0849 e. The van der Waals surface area contributed by atoms with Gasteiger partial charge in [0.15, 0.2) is 0 Å². The number of aryl methyl sites for hydroxylation is 2. The van der Waals surface area contributed by atoms with Crippen molar-refractivity contribution in [1.29, 1.82) is 0 Å². The molecule has 3 nitrogen and oxygen atoms in total. The van der Waals surface area contributed by atoms with Crippen molar-refractivity contribution in [2.75, 3.05) is 0 Å². The molecule has 88 valence electrons. The molecule has 3 heteroatoms. The normalized spacial score (nSPS) is 12.4. The summed E-state index contributed by atoms with van der Waals surface area (Å²) in [5.41, 5.74) is 3.60. The number of aromatic nitrogens is 2. The quantitative estimate of drug-likeness (QED) is 0.877. The first-order valence-corrected chi connectivity index (χ1v) is 5.69. The van der Waals surface area contributed by atoms with Gasteiger partial charge in [0, 0.05) is 12.0 Å². The number of nitrogens with zero attached hydrogens (tertiary/aromatic N) is 2. The van der Waals surface area contributed by atoms with Crippen molar-refractivity contribution < 1.29 is 5.11 Å². The van der Waals surface area contributed by atoms with Crippen LogP contribution in [0.1, 0.15) is 28.6 Å². The number of hydrogen-bond donors (Lipinski definition) is 1. The Balaban J connectivity index is 2.20. The van der Waals surface area contributed by atoms with Crippen LogP contribution in [0.5, 0.6) is 0 Å². The van der Waals surface area contributed by atoms with Crippen LogP contribution in [0.2, 0.25) is 0 Å². The Labute approximate surface area is 101 Å². The van der Waals surface area contributed by atoms with Crippen LogP contribution in [0.25, 0.3) is 0 Å². The molecule has 2 rings (SSSR count). The molecule has 0 fully saturated rings. The molecule has 0 aliphatic carbocycles. The molecule has 17 heavy (non-hydrogen) atoms. The SMILES string of the molecule is Cc1cc(C(O)Cc2ccccc2)c(C)nn1. The average molecular weight is 228 g/mol. The van der Waals surface area contributed by atoms with Gasteiger partial charge in [-0.3, -0.25) is 0 Å². The van der Waals surface area contributed by atoms with Gasteiger partial charge in [-0.1, -0.05) is 30.3 Å². The van der Waals surface area contributed by atoms with Gasteiger partial charge < -0.3 is 5.11 Å². The summed E-state index contributed by atoms with van der Waals surface area (Å²) in [7, 11) is 0. The zero-order valence-corrected chi connectivity index (χ0v) is 10.1. The van der Waals surface area contributed by atoms with Gasteiger partial charge in [0.2, 0.25) is 0 Å². The summed E-state index contributed by atoms with van der Waals surface area (Å²) < 4.78 is 0. The highest BCUT2D eigenvalue weighted by atomic mass is 16.3. The van der Waals surface area contributed by atoms with Crippen molar-refractivity contribution in [3.8, 4) is 0 Å². The third-order valence-electron chi connectivity index (χ3n) is 2.77. The number of rotatable bonds is 3. The van der Waals surface area contributed by atoms with E-state index in [1.165, 1.54) is 0 Å². The van der Waals surface area contributed by atoms with Crippen LogP contribution < -0.4 is 0 Å². The van der Waals surface area contributed by atoms with Crippen molar-refractivity contribution in [3.05, 3.63) is 58.9 Å². The lowest BCUT2D eigenvalue weighted by molar-refractivity contribution is 0.177. The molecule has 1 unspecified atom stereocenters. The highest BCUT2D eigenvalue weighted by Crippen LogP contribution is 2.20. The van der Waals surface area contributed by atoms with E-state index in [-0.39, 0.29) is 0 Å². The van der Waals surface area contributed by atoms with Gasteiger partial charge in [0.25, 0.3) is 0 Å². The first-order chi connectivity index (χ1) is 8.16. The molecule has 0 spiro atoms. The van der Waals surface area contributed by atoms with Crippen molar-refractivity contribution in [2.45, 2.75) is 26.4 Å². The molecular formula is C14H16N2O. The minimum Gasteiger partial charge on any atom is -0.388 e. The molecule has 0 aliphatic heterocycles. The van der Waals surface area contributed by atoms with E-state index in [1.807, 2.05) is 50.2 Å². The Morgan fingerprint density at radius 1 is 1.12 bits per heavy atom. The van der Waals surface area contributed by atoms with Gasteiger partial charge in [-0.2, -0.15) is 10.2 Å². The second kappa shape index (κ2) is 5.06. The van der Waals surface area contributed by atoms with E-state index in [0.717, 1.165) is 22.5 Å². The summed E-state index contributed by atoms with van der Waals surface area (Å²) in [6.45, 7) is 3.75. The summed E-state index contributed by atoms with van der Waals surface area (Å²) in [6.07, 6.45) is 0.0823. The highest BCUT2D eigenvalue weighted by molar-refractivity contribution is 5.25. The first-order valence-electron chi connectivity index (χ1n) is 5.69. The Hall–Kier alpha value is -1.74. The zero-order valence-electron chi connectivity index (χ0n) is 10.1. The first kappa shape index (κ1) is 11.7. The standard InChI is InChI=1S/C14H16N2O/c1-10-8-13(11(2)16-15-10)14(17)9-12-6-4-3-5-7-12/h3-8,14,17H,9H2,1-2H3. The van der Waals surface area contributed by atoms with E-state index in [4.69, 9.17) is 0 Å². The minimum atomic E-state index is -0.522. The molecule has 0 bridgehead atoms. The Morgan fingerprint density at radius 3 is 2.53 bits per heavy atom. The van der Waals surface area contributed by atoms with Crippen LogP contribution in [0.15, 0.2) is 36.4 Å². The molecule has 2 aromatic rings. The molecule has 1 aromatic carbocycles. The number of benzene rings is 1. The van der Waals surface area contributed by atoms with Crippen LogP contribution in [-0.4, -0.2) is 15.3 Å². The lowest BCUT2D eigenvalue weighted by Gasteiger charge is -2.13. The molecule has 0 amide bonds. The lowest BCUT2D eigenvalue weighted by Crippen LogP contribution is -2.07. The van der Waals surface area contributed by atoms with E-state index in [2.05, 4.69) is 10.2 Å². The topological polar surface area (TPSA) is 46.0 Å². The van der Waals surface area contributed by atoms with E-state index in [9.17, 15) is 5.11 Å².